The van der Waals surface area contributed by atoms with Gasteiger partial charge in [0.2, 0.25) is 0 Å². The van der Waals surface area contributed by atoms with Gasteiger partial charge in [-0.15, -0.1) is 0 Å². The summed E-state index contributed by atoms with van der Waals surface area (Å²) in [5.41, 5.74) is -0.818. The first-order valence-corrected chi connectivity index (χ1v) is 4.02. The van der Waals surface area contributed by atoms with E-state index in [4.69, 9.17) is 17.0 Å². The van der Waals surface area contributed by atoms with E-state index >= 15 is 0 Å². The van der Waals surface area contributed by atoms with Crippen molar-refractivity contribution in [1.29, 1.82) is 0 Å². The first-order chi connectivity index (χ1) is 5.36. The maximum Gasteiger partial charge on any atom is 0.288 e. The van der Waals surface area contributed by atoms with E-state index in [2.05, 4.69) is 0 Å². The van der Waals surface area contributed by atoms with E-state index in [-0.39, 0.29) is 11.1 Å². The van der Waals surface area contributed by atoms with Crippen molar-refractivity contribution in [3.63, 3.8) is 0 Å². The molecule has 1 aliphatic heterocycles. The fourth-order valence-corrected chi connectivity index (χ4v) is 1.44. The molecule has 1 aliphatic rings. The summed E-state index contributed by atoms with van der Waals surface area (Å²) in [4.78, 5) is 11.6. The summed E-state index contributed by atoms with van der Waals surface area (Å²) in [5.74, 6) is -0.127. The second-order valence-corrected chi connectivity index (χ2v) is 3.69. The standard InChI is InChI=1S/C7H12N2O2S/c1-7(2)5(10)9(8(3)4)6(12)11-7/h1-4H3. The van der Waals surface area contributed by atoms with E-state index < -0.39 is 5.60 Å². The first kappa shape index (κ1) is 9.41. The summed E-state index contributed by atoms with van der Waals surface area (Å²) in [6.07, 6.45) is 0. The number of ether oxygens (including phenoxy) is 1. The van der Waals surface area contributed by atoms with Gasteiger partial charge in [0.05, 0.1) is 0 Å². The molecule has 1 amide bonds. The van der Waals surface area contributed by atoms with Crippen LogP contribution in [0.15, 0.2) is 0 Å². The van der Waals surface area contributed by atoms with Crippen LogP contribution in [0, 0.1) is 0 Å². The van der Waals surface area contributed by atoms with Crippen LogP contribution in [0.5, 0.6) is 0 Å². The molecule has 0 bridgehead atoms. The van der Waals surface area contributed by atoms with Crippen molar-refractivity contribution in [2.24, 2.45) is 0 Å². The number of hydrazine groups is 1. The second-order valence-electron chi connectivity index (χ2n) is 3.34. The zero-order valence-electron chi connectivity index (χ0n) is 7.62. The fraction of sp³-hybridized carbons (Fsp3) is 0.714. The second kappa shape index (κ2) is 2.67. The Morgan fingerprint density at radius 2 is 2.00 bits per heavy atom. The number of hydrogen-bond donors (Lipinski definition) is 0. The maximum atomic E-state index is 11.6. The van der Waals surface area contributed by atoms with E-state index in [0.29, 0.717) is 0 Å². The van der Waals surface area contributed by atoms with Gasteiger partial charge in [-0.1, -0.05) is 0 Å². The van der Waals surface area contributed by atoms with Crippen molar-refractivity contribution in [3.8, 4) is 0 Å². The lowest BCUT2D eigenvalue weighted by Gasteiger charge is -2.20. The zero-order valence-corrected chi connectivity index (χ0v) is 8.44. The monoisotopic (exact) mass is 188 g/mol. The summed E-state index contributed by atoms with van der Waals surface area (Å²) < 4.78 is 5.20. The number of carbonyl (C=O) groups excluding carboxylic acids is 1. The summed E-state index contributed by atoms with van der Waals surface area (Å²) in [7, 11) is 3.49. The maximum absolute atomic E-state index is 11.6. The molecule has 0 aliphatic carbocycles. The van der Waals surface area contributed by atoms with Gasteiger partial charge in [0, 0.05) is 14.1 Å². The van der Waals surface area contributed by atoms with Crippen LogP contribution in [-0.2, 0) is 9.53 Å². The molecule has 0 atom stereocenters. The largest absolute Gasteiger partial charge is 0.453 e. The van der Waals surface area contributed by atoms with Crippen LogP contribution in [0.3, 0.4) is 0 Å². The van der Waals surface area contributed by atoms with Crippen LogP contribution in [0.2, 0.25) is 0 Å². The number of rotatable bonds is 1. The average molecular weight is 188 g/mol. The van der Waals surface area contributed by atoms with Crippen molar-refractivity contribution in [2.45, 2.75) is 19.4 Å². The molecule has 0 saturated carbocycles. The molecule has 4 nitrogen and oxygen atoms in total. The van der Waals surface area contributed by atoms with Gasteiger partial charge in [-0.05, 0) is 26.1 Å². The molecule has 1 saturated heterocycles. The highest BCUT2D eigenvalue weighted by Crippen LogP contribution is 2.23. The summed E-state index contributed by atoms with van der Waals surface area (Å²) in [6, 6.07) is 0. The highest BCUT2D eigenvalue weighted by atomic mass is 32.1. The van der Waals surface area contributed by atoms with Crippen molar-refractivity contribution in [3.05, 3.63) is 0 Å². The lowest BCUT2D eigenvalue weighted by atomic mass is 10.1. The number of thiocarbonyl (C=S) groups is 1. The molecule has 0 spiro atoms. The zero-order chi connectivity index (χ0) is 9.52. The van der Waals surface area contributed by atoms with Crippen LogP contribution in [0.1, 0.15) is 13.8 Å². The van der Waals surface area contributed by atoms with Crippen LogP contribution >= 0.6 is 12.2 Å². The minimum absolute atomic E-state index is 0.127. The van der Waals surface area contributed by atoms with Gasteiger partial charge in [0.25, 0.3) is 11.1 Å². The van der Waals surface area contributed by atoms with Crippen molar-refractivity contribution in [2.75, 3.05) is 14.1 Å². The van der Waals surface area contributed by atoms with Gasteiger partial charge >= 0.3 is 0 Å². The minimum Gasteiger partial charge on any atom is -0.453 e. The van der Waals surface area contributed by atoms with Gasteiger partial charge in [0.15, 0.2) is 5.60 Å². The molecule has 68 valence electrons. The molecule has 0 radical (unpaired) electrons. The third kappa shape index (κ3) is 1.30. The van der Waals surface area contributed by atoms with Crippen molar-refractivity contribution >= 4 is 23.3 Å². The molecule has 5 heteroatoms. The summed E-state index contributed by atoms with van der Waals surface area (Å²) in [5, 5.41) is 3.17. The molecular formula is C7H12N2O2S. The predicted octanol–water partition coefficient (Wildman–Crippen LogP) is 0.385. The molecule has 0 aromatic heterocycles. The number of hydrogen-bond acceptors (Lipinski definition) is 4. The lowest BCUT2D eigenvalue weighted by molar-refractivity contribution is -0.141. The van der Waals surface area contributed by atoms with Gasteiger partial charge in [-0.2, -0.15) is 5.01 Å². The molecular weight excluding hydrogens is 176 g/mol. The summed E-state index contributed by atoms with van der Waals surface area (Å²) >= 11 is 4.88. The summed E-state index contributed by atoms with van der Waals surface area (Å²) in [6.45, 7) is 3.40. The molecule has 0 N–H and O–H groups in total. The van der Waals surface area contributed by atoms with Crippen LogP contribution in [-0.4, -0.2) is 40.8 Å². The van der Waals surface area contributed by atoms with Gasteiger partial charge in [0.1, 0.15) is 0 Å². The molecule has 1 rings (SSSR count). The van der Waals surface area contributed by atoms with Gasteiger partial charge in [-0.3, -0.25) is 4.79 Å². The molecule has 12 heavy (non-hydrogen) atoms. The third-order valence-electron chi connectivity index (χ3n) is 1.62. The van der Waals surface area contributed by atoms with Gasteiger partial charge < -0.3 is 4.74 Å². The van der Waals surface area contributed by atoms with Crippen LogP contribution in [0.4, 0.5) is 0 Å². The normalized spacial score (nSPS) is 21.9. The Morgan fingerprint density at radius 1 is 1.50 bits per heavy atom. The fourth-order valence-electron chi connectivity index (χ4n) is 0.988. The number of amides is 1. The van der Waals surface area contributed by atoms with Gasteiger partial charge in [-0.25, -0.2) is 5.01 Å². The topological polar surface area (TPSA) is 32.8 Å². The lowest BCUT2D eigenvalue weighted by Crippen LogP contribution is -2.44. The number of carbonyl (C=O) groups is 1. The molecule has 1 fully saturated rings. The van der Waals surface area contributed by atoms with E-state index in [9.17, 15) is 4.79 Å². The van der Waals surface area contributed by atoms with Crippen LogP contribution < -0.4 is 0 Å². The quantitative estimate of drug-likeness (QED) is 0.557. The molecule has 0 aromatic rings. The first-order valence-electron chi connectivity index (χ1n) is 3.61. The van der Waals surface area contributed by atoms with E-state index in [1.165, 1.54) is 5.01 Å². The van der Waals surface area contributed by atoms with Crippen molar-refractivity contribution < 1.29 is 9.53 Å². The average Bonchev–Trinajstić information content (AvgIpc) is 2.02. The SMILES string of the molecule is CN(C)N1C(=O)C(C)(C)OC1=S. The highest BCUT2D eigenvalue weighted by Gasteiger charge is 2.45. The van der Waals surface area contributed by atoms with E-state index in [1.807, 2.05) is 0 Å². The Bertz CT molecular complexity index is 238. The number of nitrogens with zero attached hydrogens (tertiary/aromatic N) is 2. The Kier molecular flexibility index (Phi) is 2.09. The van der Waals surface area contributed by atoms with E-state index in [0.717, 1.165) is 0 Å². The van der Waals surface area contributed by atoms with Crippen LogP contribution in [0.25, 0.3) is 0 Å². The predicted molar refractivity (Wildman–Crippen MR) is 48.3 cm³/mol. The minimum atomic E-state index is -0.818. The van der Waals surface area contributed by atoms with Crippen molar-refractivity contribution in [1.82, 2.24) is 10.0 Å². The Balaban J connectivity index is 2.93. The molecule has 0 unspecified atom stereocenters. The highest BCUT2D eigenvalue weighted by molar-refractivity contribution is 7.80. The Morgan fingerprint density at radius 3 is 2.17 bits per heavy atom. The molecule has 1 heterocycles. The Hall–Kier alpha value is -0.680. The Labute approximate surface area is 77.0 Å². The van der Waals surface area contributed by atoms with E-state index in [1.54, 1.807) is 33.0 Å². The smallest absolute Gasteiger partial charge is 0.288 e. The molecule has 0 aromatic carbocycles. The third-order valence-corrected chi connectivity index (χ3v) is 1.88.